The smallest absolute Gasteiger partial charge is 0.291 e. The number of nitriles is 1. The number of oxazole rings is 1. The Kier molecular flexibility index (Phi) is 3.85. The lowest BCUT2D eigenvalue weighted by Crippen LogP contribution is -1.98. The predicted molar refractivity (Wildman–Crippen MR) is 82.6 cm³/mol. The highest BCUT2D eigenvalue weighted by Crippen LogP contribution is 2.42. The van der Waals surface area contributed by atoms with E-state index in [4.69, 9.17) is 9.68 Å². The van der Waals surface area contributed by atoms with Gasteiger partial charge in [0.2, 0.25) is 0 Å². The summed E-state index contributed by atoms with van der Waals surface area (Å²) in [4.78, 5) is 24.8. The van der Waals surface area contributed by atoms with Crippen LogP contribution in [0.2, 0.25) is 0 Å². The number of aromatic nitrogens is 1. The summed E-state index contributed by atoms with van der Waals surface area (Å²) in [7, 11) is 0. The second-order valence-electron chi connectivity index (χ2n) is 4.52. The molecule has 0 saturated heterocycles. The molecule has 9 nitrogen and oxygen atoms in total. The van der Waals surface area contributed by atoms with Crippen molar-refractivity contribution in [3.63, 3.8) is 0 Å². The lowest BCUT2D eigenvalue weighted by molar-refractivity contribution is -0.399. The largest absolute Gasteiger partial charge is 0.431 e. The van der Waals surface area contributed by atoms with E-state index in [9.17, 15) is 20.2 Å². The fourth-order valence-corrected chi connectivity index (χ4v) is 2.95. The van der Waals surface area contributed by atoms with Gasteiger partial charge in [-0.15, -0.1) is 0 Å². The van der Waals surface area contributed by atoms with Gasteiger partial charge in [0.05, 0.1) is 21.5 Å². The van der Waals surface area contributed by atoms with Crippen LogP contribution in [-0.4, -0.2) is 14.8 Å². The number of nitrogens with zero attached hydrogens (tertiary/aromatic N) is 4. The molecular formula is C14H6N4O5S. The van der Waals surface area contributed by atoms with E-state index in [1.54, 1.807) is 30.3 Å². The van der Waals surface area contributed by atoms with Gasteiger partial charge < -0.3 is 4.42 Å². The highest BCUT2D eigenvalue weighted by Gasteiger charge is 2.29. The molecule has 0 amide bonds. The molecule has 0 bridgehead atoms. The molecule has 1 heterocycles. The van der Waals surface area contributed by atoms with E-state index in [1.165, 1.54) is 0 Å². The van der Waals surface area contributed by atoms with Gasteiger partial charge in [-0.3, -0.25) is 20.2 Å². The maximum atomic E-state index is 11.2. The summed E-state index contributed by atoms with van der Waals surface area (Å²) in [6.45, 7) is 0. The second-order valence-corrected chi connectivity index (χ2v) is 5.48. The summed E-state index contributed by atoms with van der Waals surface area (Å²) < 4.78 is 5.44. The van der Waals surface area contributed by atoms with E-state index < -0.39 is 21.2 Å². The highest BCUT2D eigenvalue weighted by atomic mass is 32.2. The number of hydrogen-bond acceptors (Lipinski definition) is 8. The summed E-state index contributed by atoms with van der Waals surface area (Å²) in [5.41, 5.74) is -0.283. The Bertz CT molecular complexity index is 955. The van der Waals surface area contributed by atoms with Crippen molar-refractivity contribution in [2.45, 2.75) is 10.1 Å². The third-order valence-corrected chi connectivity index (χ3v) is 4.01. The van der Waals surface area contributed by atoms with Gasteiger partial charge in [-0.2, -0.15) is 5.26 Å². The normalized spacial score (nSPS) is 10.5. The Morgan fingerprint density at radius 2 is 1.75 bits per heavy atom. The van der Waals surface area contributed by atoms with Crippen LogP contribution < -0.4 is 0 Å². The van der Waals surface area contributed by atoms with Crippen molar-refractivity contribution in [3.8, 4) is 6.07 Å². The molecule has 0 spiro atoms. The summed E-state index contributed by atoms with van der Waals surface area (Å²) in [6.07, 6.45) is 0. The predicted octanol–water partition coefficient (Wildman–Crippen LogP) is 3.67. The number of fused-ring (bicyclic) bond motifs is 1. The topological polar surface area (TPSA) is 136 Å². The molecule has 10 heteroatoms. The molecule has 0 radical (unpaired) electrons. The summed E-state index contributed by atoms with van der Waals surface area (Å²) >= 11 is 0.672. The number of para-hydroxylation sites is 2. The summed E-state index contributed by atoms with van der Waals surface area (Å²) in [6, 6.07) is 10.5. The van der Waals surface area contributed by atoms with Crippen molar-refractivity contribution in [2.75, 3.05) is 0 Å². The lowest BCUT2D eigenvalue weighted by Gasteiger charge is -2.02. The van der Waals surface area contributed by atoms with Crippen molar-refractivity contribution >= 4 is 34.2 Å². The Morgan fingerprint density at radius 3 is 2.29 bits per heavy atom. The van der Waals surface area contributed by atoms with Crippen LogP contribution in [-0.2, 0) is 0 Å². The van der Waals surface area contributed by atoms with Crippen LogP contribution in [0.1, 0.15) is 5.56 Å². The fourth-order valence-electron chi connectivity index (χ4n) is 2.02. The number of hydrogen-bond donors (Lipinski definition) is 0. The first-order valence-electron chi connectivity index (χ1n) is 6.40. The standard InChI is InChI=1S/C14H6N4O5S/c15-7-8-5-10(17(19)20)13(11(6-8)18(21)22)24-14-16-9-3-1-2-4-12(9)23-14/h1-6H. The van der Waals surface area contributed by atoms with E-state index >= 15 is 0 Å². The highest BCUT2D eigenvalue weighted by molar-refractivity contribution is 7.99. The zero-order valence-electron chi connectivity index (χ0n) is 11.7. The summed E-state index contributed by atoms with van der Waals surface area (Å²) in [5.74, 6) is 0. The molecule has 2 aromatic carbocycles. The average Bonchev–Trinajstić information content (AvgIpc) is 2.96. The summed E-state index contributed by atoms with van der Waals surface area (Å²) in [5, 5.41) is 31.4. The molecule has 24 heavy (non-hydrogen) atoms. The molecular weight excluding hydrogens is 336 g/mol. The van der Waals surface area contributed by atoms with Gasteiger partial charge in [0.1, 0.15) is 5.52 Å². The van der Waals surface area contributed by atoms with Crippen LogP contribution >= 0.6 is 11.8 Å². The molecule has 3 rings (SSSR count). The van der Waals surface area contributed by atoms with Crippen molar-refractivity contribution in [3.05, 3.63) is 62.2 Å². The lowest BCUT2D eigenvalue weighted by atomic mass is 10.2. The van der Waals surface area contributed by atoms with Gasteiger partial charge in [-0.1, -0.05) is 12.1 Å². The first-order valence-corrected chi connectivity index (χ1v) is 7.21. The van der Waals surface area contributed by atoms with Crippen LogP contribution in [0.5, 0.6) is 0 Å². The molecule has 0 fully saturated rings. The molecule has 118 valence electrons. The second kappa shape index (κ2) is 5.98. The number of rotatable bonds is 4. The molecule has 0 N–H and O–H groups in total. The average molecular weight is 342 g/mol. The first-order chi connectivity index (χ1) is 11.5. The third kappa shape index (κ3) is 2.75. The van der Waals surface area contributed by atoms with Crippen LogP contribution in [0.15, 0.2) is 50.9 Å². The molecule has 0 atom stereocenters. The van der Waals surface area contributed by atoms with Crippen LogP contribution in [0, 0.1) is 31.6 Å². The zero-order valence-corrected chi connectivity index (χ0v) is 12.5. The van der Waals surface area contributed by atoms with E-state index in [0.717, 1.165) is 12.1 Å². The maximum absolute atomic E-state index is 11.2. The molecule has 0 unspecified atom stereocenters. The van der Waals surface area contributed by atoms with E-state index in [2.05, 4.69) is 4.98 Å². The van der Waals surface area contributed by atoms with Gasteiger partial charge in [0.15, 0.2) is 10.5 Å². The Balaban J connectivity index is 2.16. The first kappa shape index (κ1) is 15.4. The van der Waals surface area contributed by atoms with Crippen LogP contribution in [0.4, 0.5) is 11.4 Å². The van der Waals surface area contributed by atoms with Gasteiger partial charge in [0.25, 0.3) is 16.6 Å². The molecule has 3 aromatic rings. The van der Waals surface area contributed by atoms with E-state index in [1.807, 2.05) is 0 Å². The molecule has 0 saturated carbocycles. The SMILES string of the molecule is N#Cc1cc([N+](=O)[O-])c(Sc2nc3ccccc3o2)c([N+](=O)[O-])c1. The minimum atomic E-state index is -0.779. The van der Waals surface area contributed by atoms with Gasteiger partial charge >= 0.3 is 0 Å². The Morgan fingerprint density at radius 1 is 1.12 bits per heavy atom. The number of nitro benzene ring substituents is 2. The molecule has 1 aromatic heterocycles. The van der Waals surface area contributed by atoms with Crippen LogP contribution in [0.3, 0.4) is 0 Å². The van der Waals surface area contributed by atoms with Gasteiger partial charge in [-0.05, 0) is 23.9 Å². The Labute approximate surface area is 137 Å². The molecule has 0 aliphatic heterocycles. The zero-order chi connectivity index (χ0) is 17.3. The maximum Gasteiger partial charge on any atom is 0.291 e. The fraction of sp³-hybridized carbons (Fsp3) is 0. The van der Waals surface area contributed by atoms with Crippen molar-refractivity contribution in [1.29, 1.82) is 5.26 Å². The third-order valence-electron chi connectivity index (χ3n) is 3.04. The van der Waals surface area contributed by atoms with E-state index in [0.29, 0.717) is 22.9 Å². The van der Waals surface area contributed by atoms with Gasteiger partial charge in [-0.25, -0.2) is 4.98 Å². The monoisotopic (exact) mass is 342 g/mol. The quantitative estimate of drug-likeness (QED) is 0.517. The van der Waals surface area contributed by atoms with E-state index in [-0.39, 0.29) is 15.7 Å². The van der Waals surface area contributed by atoms with Crippen LogP contribution in [0.25, 0.3) is 11.1 Å². The van der Waals surface area contributed by atoms with Gasteiger partial charge in [0, 0.05) is 12.1 Å². The Hall–Kier alpha value is -3.45. The number of nitro groups is 2. The minimum absolute atomic E-state index is 0.0344. The molecule has 0 aliphatic carbocycles. The van der Waals surface area contributed by atoms with Crippen molar-refractivity contribution in [2.24, 2.45) is 0 Å². The number of benzene rings is 2. The molecule has 0 aliphatic rings. The van der Waals surface area contributed by atoms with Crippen molar-refractivity contribution < 1.29 is 14.3 Å². The minimum Gasteiger partial charge on any atom is -0.431 e. The van der Waals surface area contributed by atoms with Crippen molar-refractivity contribution in [1.82, 2.24) is 4.98 Å².